The second-order valence-corrected chi connectivity index (χ2v) is 11.5. The van der Waals surface area contributed by atoms with Crippen LogP contribution in [0, 0.1) is 12.7 Å². The van der Waals surface area contributed by atoms with Crippen molar-refractivity contribution in [1.82, 2.24) is 0 Å². The smallest absolute Gasteiger partial charge is 0.336 e. The number of aliphatic hydroxyl groups is 5. The number of halogens is 1. The highest BCUT2D eigenvalue weighted by Gasteiger charge is 2.44. The first kappa shape index (κ1) is 34.7. The summed E-state index contributed by atoms with van der Waals surface area (Å²) in [4.78, 5) is 32.7. The van der Waals surface area contributed by atoms with Gasteiger partial charge in [-0.2, -0.15) is 0 Å². The molecule has 2 aromatic carbocycles. The second kappa shape index (κ2) is 14.8. The summed E-state index contributed by atoms with van der Waals surface area (Å²) in [6, 6.07) is 16.2. The van der Waals surface area contributed by atoms with Gasteiger partial charge in [-0.25, -0.2) is 9.18 Å². The van der Waals surface area contributed by atoms with Crippen LogP contribution in [0.15, 0.2) is 54.6 Å². The van der Waals surface area contributed by atoms with Crippen molar-refractivity contribution in [3.05, 3.63) is 82.0 Å². The van der Waals surface area contributed by atoms with Gasteiger partial charge in [-0.15, -0.1) is 11.3 Å². The maximum atomic E-state index is 13.2. The molecule has 0 aliphatic carbocycles. The molecule has 0 amide bonds. The van der Waals surface area contributed by atoms with Crippen molar-refractivity contribution < 1.29 is 64.4 Å². The third-order valence-corrected chi connectivity index (χ3v) is 8.17. The number of carboxylic acids is 3. The van der Waals surface area contributed by atoms with Crippen molar-refractivity contribution in [3.63, 3.8) is 0 Å². The lowest BCUT2D eigenvalue weighted by Crippen LogP contribution is -2.55. The van der Waals surface area contributed by atoms with E-state index in [-0.39, 0.29) is 5.82 Å². The van der Waals surface area contributed by atoms with E-state index in [1.165, 1.54) is 12.1 Å². The van der Waals surface area contributed by atoms with Gasteiger partial charge in [0.05, 0.1) is 19.4 Å². The summed E-state index contributed by atoms with van der Waals surface area (Å²) in [6.07, 6.45) is -7.50. The molecule has 4 rings (SSSR count). The molecule has 1 saturated heterocycles. The van der Waals surface area contributed by atoms with E-state index in [0.29, 0.717) is 12.0 Å². The zero-order valence-electron chi connectivity index (χ0n) is 23.4. The molecule has 12 nitrogen and oxygen atoms in total. The van der Waals surface area contributed by atoms with Crippen LogP contribution in [-0.2, 0) is 25.5 Å². The zero-order chi connectivity index (χ0) is 32.8. The second-order valence-electron chi connectivity index (χ2n) is 10.4. The summed E-state index contributed by atoms with van der Waals surface area (Å²) in [6.45, 7) is 1.54. The number of ether oxygens (including phenoxy) is 1. The van der Waals surface area contributed by atoms with Crippen molar-refractivity contribution >= 4 is 29.2 Å². The molecule has 3 aromatic rings. The van der Waals surface area contributed by atoms with Crippen LogP contribution in [0.1, 0.15) is 40.5 Å². The molecular weight excluding hydrogens is 603 g/mol. The third-order valence-electron chi connectivity index (χ3n) is 7.03. The fourth-order valence-corrected chi connectivity index (χ4v) is 5.62. The molecule has 0 bridgehead atoms. The van der Waals surface area contributed by atoms with E-state index >= 15 is 0 Å². The molecule has 8 N–H and O–H groups in total. The molecule has 1 fully saturated rings. The highest BCUT2D eigenvalue weighted by atomic mass is 32.1. The van der Waals surface area contributed by atoms with E-state index < -0.39 is 73.5 Å². The topological polar surface area (TPSA) is 222 Å². The van der Waals surface area contributed by atoms with Crippen LogP contribution in [0.2, 0.25) is 0 Å². The first-order valence-corrected chi connectivity index (χ1v) is 14.1. The predicted molar refractivity (Wildman–Crippen MR) is 154 cm³/mol. The Labute approximate surface area is 254 Å². The number of aliphatic carboxylic acids is 3. The van der Waals surface area contributed by atoms with Crippen LogP contribution in [0.5, 0.6) is 0 Å². The number of carboxylic acid groups (broad SMARTS) is 3. The van der Waals surface area contributed by atoms with Gasteiger partial charge in [0, 0.05) is 16.2 Å². The highest BCUT2D eigenvalue weighted by molar-refractivity contribution is 7.15. The Morgan fingerprint density at radius 2 is 1.50 bits per heavy atom. The van der Waals surface area contributed by atoms with E-state index in [0.717, 1.165) is 26.4 Å². The molecule has 1 aliphatic heterocycles. The van der Waals surface area contributed by atoms with Crippen molar-refractivity contribution in [2.45, 2.75) is 62.3 Å². The summed E-state index contributed by atoms with van der Waals surface area (Å²) in [7, 11) is 0. The minimum Gasteiger partial charge on any atom is -0.481 e. The molecule has 1 aromatic heterocycles. The van der Waals surface area contributed by atoms with Crippen molar-refractivity contribution in [3.8, 4) is 10.4 Å². The van der Waals surface area contributed by atoms with Crippen LogP contribution in [-0.4, -0.2) is 95.4 Å². The molecule has 0 spiro atoms. The molecule has 14 heteroatoms. The fourth-order valence-electron chi connectivity index (χ4n) is 4.58. The Morgan fingerprint density at radius 3 is 2.05 bits per heavy atom. The number of aliphatic hydroxyl groups excluding tert-OH is 4. The normalized spacial score (nSPS) is 21.7. The van der Waals surface area contributed by atoms with E-state index in [9.17, 15) is 39.2 Å². The van der Waals surface area contributed by atoms with E-state index in [1.54, 1.807) is 23.5 Å². The first-order chi connectivity index (χ1) is 20.6. The summed E-state index contributed by atoms with van der Waals surface area (Å²) in [5.74, 6) is -5.28. The van der Waals surface area contributed by atoms with Gasteiger partial charge in [-0.05, 0) is 53.4 Å². The summed E-state index contributed by atoms with van der Waals surface area (Å²) >= 11 is 1.63. The van der Waals surface area contributed by atoms with Crippen molar-refractivity contribution in [1.29, 1.82) is 0 Å². The quantitative estimate of drug-likeness (QED) is 0.159. The van der Waals surface area contributed by atoms with Crippen molar-refractivity contribution in [2.24, 2.45) is 0 Å². The largest absolute Gasteiger partial charge is 0.481 e. The van der Waals surface area contributed by atoms with Gasteiger partial charge in [0.1, 0.15) is 36.3 Å². The Morgan fingerprint density at radius 1 is 0.886 bits per heavy atom. The van der Waals surface area contributed by atoms with Gasteiger partial charge in [0.25, 0.3) is 0 Å². The number of rotatable bonds is 10. The number of thiophene rings is 1. The van der Waals surface area contributed by atoms with Gasteiger partial charge in [-0.3, -0.25) is 9.59 Å². The summed E-state index contributed by atoms with van der Waals surface area (Å²) in [5.41, 5.74) is 1.02. The van der Waals surface area contributed by atoms with E-state index in [2.05, 4.69) is 0 Å². The Bertz CT molecular complexity index is 1440. The van der Waals surface area contributed by atoms with E-state index in [4.69, 9.17) is 25.2 Å². The lowest BCUT2D eigenvalue weighted by atomic mass is 9.89. The SMILES string of the molecule is Cc1ccc([C@@H]2O[C@H](CO)[C@@H](O)[C@H](O)[C@H]2O)cc1Cc1ccc(-c2ccc(F)cc2)s1.O=C(O)CC(O)(CC(=O)O)C(=O)O. The molecule has 1 aliphatic rings. The van der Waals surface area contributed by atoms with Gasteiger partial charge >= 0.3 is 17.9 Å². The molecule has 0 radical (unpaired) electrons. The van der Waals surface area contributed by atoms with Gasteiger partial charge in [-0.1, -0.05) is 30.3 Å². The third kappa shape index (κ3) is 8.66. The minimum absolute atomic E-state index is 0.263. The van der Waals surface area contributed by atoms with Crippen LogP contribution >= 0.6 is 11.3 Å². The predicted octanol–water partition coefficient (Wildman–Crippen LogP) is 1.72. The standard InChI is InChI=1S/C24H25FO5S.C6H8O7/c1-13-2-3-15(24-23(29)22(28)21(27)19(12-26)30-24)10-16(13)11-18-8-9-20(31-18)14-4-6-17(25)7-5-14;7-3(8)1-6(13,5(11)12)2-4(9)10/h2-10,19,21-24,26-29H,11-12H2,1H3;13H,1-2H2,(H,7,8)(H,9,10)(H,11,12)/t19-,21-,22+,23-,24+;/m1./s1. The lowest BCUT2D eigenvalue weighted by molar-refractivity contribution is -0.231. The van der Waals surface area contributed by atoms with E-state index in [1.807, 2.05) is 37.3 Å². The molecule has 0 saturated carbocycles. The number of aryl methyl sites for hydroxylation is 1. The molecular formula is C30H33FO12S. The minimum atomic E-state index is -2.74. The Hall–Kier alpha value is -3.76. The average Bonchev–Trinajstić information content (AvgIpc) is 3.41. The monoisotopic (exact) mass is 636 g/mol. The molecule has 5 atom stereocenters. The molecule has 0 unspecified atom stereocenters. The lowest BCUT2D eigenvalue weighted by Gasteiger charge is -2.40. The average molecular weight is 637 g/mol. The Balaban J connectivity index is 0.000000345. The van der Waals surface area contributed by atoms with Gasteiger partial charge in [0.15, 0.2) is 5.60 Å². The number of hydrogen-bond donors (Lipinski definition) is 8. The van der Waals surface area contributed by atoms with Gasteiger partial charge < -0.3 is 45.6 Å². The fraction of sp³-hybridized carbons (Fsp3) is 0.367. The van der Waals surface area contributed by atoms with Crippen LogP contribution in [0.3, 0.4) is 0 Å². The van der Waals surface area contributed by atoms with Crippen LogP contribution < -0.4 is 0 Å². The summed E-state index contributed by atoms with van der Waals surface area (Å²) < 4.78 is 18.9. The maximum absolute atomic E-state index is 13.2. The zero-order valence-corrected chi connectivity index (χ0v) is 24.2. The van der Waals surface area contributed by atoms with Crippen LogP contribution in [0.25, 0.3) is 10.4 Å². The molecule has 2 heterocycles. The molecule has 44 heavy (non-hydrogen) atoms. The summed E-state index contributed by atoms with van der Waals surface area (Å²) in [5, 5.41) is 73.8. The maximum Gasteiger partial charge on any atom is 0.336 e. The van der Waals surface area contributed by atoms with Gasteiger partial charge in [0.2, 0.25) is 0 Å². The number of benzene rings is 2. The van der Waals surface area contributed by atoms with Crippen molar-refractivity contribution in [2.75, 3.05) is 6.61 Å². The Kier molecular flexibility index (Phi) is 11.7. The number of hydrogen-bond acceptors (Lipinski definition) is 10. The highest BCUT2D eigenvalue weighted by Crippen LogP contribution is 2.35. The molecule has 238 valence electrons. The van der Waals surface area contributed by atoms with Crippen LogP contribution in [0.4, 0.5) is 4.39 Å². The first-order valence-electron chi connectivity index (χ1n) is 13.3. The number of carbonyl (C=O) groups is 3.